The molecule has 0 unspecified atom stereocenters. The van der Waals surface area contributed by atoms with Crippen molar-refractivity contribution in [2.24, 2.45) is 5.41 Å². The molecule has 0 fully saturated rings. The Morgan fingerprint density at radius 1 is 1.17 bits per heavy atom. The summed E-state index contributed by atoms with van der Waals surface area (Å²) >= 11 is 0. The lowest BCUT2D eigenvalue weighted by atomic mass is 9.88. The SMILES string of the molecule is CNC(O)(O)CCC(C)(C)CO. The zero-order valence-corrected chi connectivity index (χ0v) is 7.96. The Morgan fingerprint density at radius 3 is 2.00 bits per heavy atom. The molecule has 0 aromatic carbocycles. The molecule has 0 aliphatic rings. The number of nitrogens with one attached hydrogen (secondary N) is 1. The molecule has 0 rings (SSSR count). The van der Waals surface area contributed by atoms with Gasteiger partial charge in [-0.3, -0.25) is 5.32 Å². The highest BCUT2D eigenvalue weighted by molar-refractivity contribution is 4.70. The van der Waals surface area contributed by atoms with Crippen LogP contribution in [-0.2, 0) is 0 Å². The molecule has 4 nitrogen and oxygen atoms in total. The molecule has 0 atom stereocenters. The van der Waals surface area contributed by atoms with Crippen molar-refractivity contribution in [2.75, 3.05) is 13.7 Å². The topological polar surface area (TPSA) is 72.7 Å². The third kappa shape index (κ3) is 4.66. The summed E-state index contributed by atoms with van der Waals surface area (Å²) in [6, 6.07) is 0. The lowest BCUT2D eigenvalue weighted by Crippen LogP contribution is -2.43. The second-order valence-corrected chi connectivity index (χ2v) is 3.89. The Hall–Kier alpha value is -0.160. The summed E-state index contributed by atoms with van der Waals surface area (Å²) in [5.74, 6) is -1.81. The van der Waals surface area contributed by atoms with Crippen molar-refractivity contribution in [3.63, 3.8) is 0 Å². The van der Waals surface area contributed by atoms with Crippen LogP contribution >= 0.6 is 0 Å². The Balaban J connectivity index is 3.82. The van der Waals surface area contributed by atoms with Crippen LogP contribution in [0.25, 0.3) is 0 Å². The maximum Gasteiger partial charge on any atom is 0.222 e. The van der Waals surface area contributed by atoms with Crippen molar-refractivity contribution in [1.82, 2.24) is 5.32 Å². The van der Waals surface area contributed by atoms with Gasteiger partial charge in [-0.05, 0) is 18.9 Å². The van der Waals surface area contributed by atoms with Crippen LogP contribution in [0, 0.1) is 5.41 Å². The van der Waals surface area contributed by atoms with E-state index in [-0.39, 0.29) is 18.4 Å². The molecule has 0 bridgehead atoms. The average molecular weight is 177 g/mol. The van der Waals surface area contributed by atoms with E-state index >= 15 is 0 Å². The largest absolute Gasteiger partial charge is 0.396 e. The van der Waals surface area contributed by atoms with E-state index in [0.717, 1.165) is 0 Å². The highest BCUT2D eigenvalue weighted by Crippen LogP contribution is 2.23. The summed E-state index contributed by atoms with van der Waals surface area (Å²) in [4.78, 5) is 0. The lowest BCUT2D eigenvalue weighted by molar-refractivity contribution is -0.190. The van der Waals surface area contributed by atoms with E-state index in [1.807, 2.05) is 13.8 Å². The van der Waals surface area contributed by atoms with Crippen LogP contribution in [0.3, 0.4) is 0 Å². The van der Waals surface area contributed by atoms with Gasteiger partial charge in [-0.25, -0.2) is 0 Å². The molecule has 0 aliphatic carbocycles. The summed E-state index contributed by atoms with van der Waals surface area (Å²) in [7, 11) is 1.48. The van der Waals surface area contributed by atoms with Gasteiger partial charge in [-0.1, -0.05) is 13.8 Å². The van der Waals surface area contributed by atoms with Gasteiger partial charge >= 0.3 is 0 Å². The Morgan fingerprint density at radius 2 is 1.67 bits per heavy atom. The van der Waals surface area contributed by atoms with E-state index in [4.69, 9.17) is 15.3 Å². The van der Waals surface area contributed by atoms with E-state index in [0.29, 0.717) is 6.42 Å². The molecule has 0 aromatic rings. The molecule has 4 heteroatoms. The van der Waals surface area contributed by atoms with Crippen LogP contribution in [0.4, 0.5) is 0 Å². The number of hydrogen-bond acceptors (Lipinski definition) is 4. The van der Waals surface area contributed by atoms with Gasteiger partial charge in [-0.15, -0.1) is 0 Å². The zero-order chi connectivity index (χ0) is 9.83. The molecule has 0 radical (unpaired) electrons. The van der Waals surface area contributed by atoms with Crippen molar-refractivity contribution < 1.29 is 15.3 Å². The fraction of sp³-hybridized carbons (Fsp3) is 1.00. The quantitative estimate of drug-likeness (QED) is 0.433. The zero-order valence-electron chi connectivity index (χ0n) is 7.96. The number of hydrogen-bond donors (Lipinski definition) is 4. The van der Waals surface area contributed by atoms with Crippen molar-refractivity contribution in [3.05, 3.63) is 0 Å². The van der Waals surface area contributed by atoms with Gasteiger partial charge in [0.15, 0.2) is 0 Å². The molecule has 0 amide bonds. The molecule has 0 saturated heterocycles. The Labute approximate surface area is 73.2 Å². The number of aliphatic hydroxyl groups excluding tert-OH is 1. The molecule has 74 valence electrons. The summed E-state index contributed by atoms with van der Waals surface area (Å²) in [5.41, 5.74) is -0.256. The molecule has 0 saturated carbocycles. The highest BCUT2D eigenvalue weighted by atomic mass is 16.5. The number of rotatable bonds is 5. The molecule has 4 N–H and O–H groups in total. The fourth-order valence-corrected chi connectivity index (χ4v) is 0.717. The molecule has 12 heavy (non-hydrogen) atoms. The molecule has 0 aromatic heterocycles. The minimum absolute atomic E-state index is 0.0484. The monoisotopic (exact) mass is 177 g/mol. The van der Waals surface area contributed by atoms with E-state index < -0.39 is 5.91 Å². The maximum atomic E-state index is 9.14. The first-order valence-corrected chi connectivity index (χ1v) is 4.07. The first kappa shape index (κ1) is 11.8. The second kappa shape index (κ2) is 4.18. The minimum Gasteiger partial charge on any atom is -0.396 e. The summed E-state index contributed by atoms with van der Waals surface area (Å²) in [5, 5.41) is 29.5. The Kier molecular flexibility index (Phi) is 4.13. The van der Waals surface area contributed by atoms with Crippen LogP contribution in [0.2, 0.25) is 0 Å². The van der Waals surface area contributed by atoms with Crippen LogP contribution < -0.4 is 5.32 Å². The van der Waals surface area contributed by atoms with E-state index in [2.05, 4.69) is 5.32 Å². The summed E-state index contributed by atoms with van der Waals surface area (Å²) in [6.07, 6.45) is 0.758. The number of aliphatic hydroxyl groups is 3. The molecule has 0 aliphatic heterocycles. The van der Waals surface area contributed by atoms with Gasteiger partial charge < -0.3 is 15.3 Å². The van der Waals surface area contributed by atoms with E-state index in [9.17, 15) is 0 Å². The lowest BCUT2D eigenvalue weighted by Gasteiger charge is -2.27. The summed E-state index contributed by atoms with van der Waals surface area (Å²) in [6.45, 7) is 3.80. The average Bonchev–Trinajstić information content (AvgIpc) is 2.02. The predicted octanol–water partition coefficient (Wildman–Crippen LogP) is -0.357. The van der Waals surface area contributed by atoms with Gasteiger partial charge in [0.25, 0.3) is 0 Å². The normalized spacial score (nSPS) is 13.5. The summed E-state index contributed by atoms with van der Waals surface area (Å²) < 4.78 is 0. The highest BCUT2D eigenvalue weighted by Gasteiger charge is 2.25. The van der Waals surface area contributed by atoms with Crippen LogP contribution in [0.5, 0.6) is 0 Å². The third-order valence-corrected chi connectivity index (χ3v) is 1.98. The van der Waals surface area contributed by atoms with Crippen molar-refractivity contribution in [3.8, 4) is 0 Å². The molecule has 0 heterocycles. The van der Waals surface area contributed by atoms with Gasteiger partial charge in [0.1, 0.15) is 0 Å². The smallest absolute Gasteiger partial charge is 0.222 e. The maximum absolute atomic E-state index is 9.14. The molecular weight excluding hydrogens is 158 g/mol. The minimum atomic E-state index is -1.81. The van der Waals surface area contributed by atoms with Crippen molar-refractivity contribution >= 4 is 0 Å². The van der Waals surface area contributed by atoms with Crippen molar-refractivity contribution in [1.29, 1.82) is 0 Å². The van der Waals surface area contributed by atoms with Gasteiger partial charge in [0.2, 0.25) is 5.91 Å². The fourth-order valence-electron chi connectivity index (χ4n) is 0.717. The van der Waals surface area contributed by atoms with Crippen LogP contribution in [0.15, 0.2) is 0 Å². The van der Waals surface area contributed by atoms with E-state index in [1.54, 1.807) is 0 Å². The van der Waals surface area contributed by atoms with Crippen molar-refractivity contribution in [2.45, 2.75) is 32.6 Å². The molecular formula is C8H19NO3. The standard InChI is InChI=1S/C8H19NO3/c1-7(2,6-10)4-5-8(11,12)9-3/h9-12H,4-6H2,1-3H3. The first-order valence-electron chi connectivity index (χ1n) is 4.07. The first-order chi connectivity index (χ1) is 5.33. The van der Waals surface area contributed by atoms with Gasteiger partial charge in [-0.2, -0.15) is 0 Å². The second-order valence-electron chi connectivity index (χ2n) is 3.89. The van der Waals surface area contributed by atoms with E-state index in [1.165, 1.54) is 7.05 Å². The van der Waals surface area contributed by atoms with Crippen LogP contribution in [-0.4, -0.2) is 34.9 Å². The molecule has 0 spiro atoms. The third-order valence-electron chi connectivity index (χ3n) is 1.98. The Bertz CT molecular complexity index is 118. The van der Waals surface area contributed by atoms with Gasteiger partial charge in [0, 0.05) is 13.0 Å². The predicted molar refractivity (Wildman–Crippen MR) is 46.3 cm³/mol. The van der Waals surface area contributed by atoms with Gasteiger partial charge in [0.05, 0.1) is 0 Å². The van der Waals surface area contributed by atoms with Crippen LogP contribution in [0.1, 0.15) is 26.7 Å².